The summed E-state index contributed by atoms with van der Waals surface area (Å²) in [6, 6.07) is 10.0. The van der Waals surface area contributed by atoms with Gasteiger partial charge in [0.25, 0.3) is 5.91 Å². The molecule has 0 heterocycles. The van der Waals surface area contributed by atoms with E-state index in [-0.39, 0.29) is 5.02 Å². The van der Waals surface area contributed by atoms with Crippen molar-refractivity contribution in [1.29, 1.82) is 0 Å². The third kappa shape index (κ3) is 5.90. The van der Waals surface area contributed by atoms with Crippen LogP contribution in [0.3, 0.4) is 0 Å². The number of hydrogen-bond acceptors (Lipinski definition) is 4. The van der Waals surface area contributed by atoms with Gasteiger partial charge in [-0.1, -0.05) is 39.1 Å². The van der Waals surface area contributed by atoms with Crippen molar-refractivity contribution in [3.8, 4) is 5.75 Å². The number of nitrogens with one attached hydrogen (secondary N) is 1. The number of halogens is 3. The Morgan fingerprint density at radius 3 is 2.58 bits per heavy atom. The molecule has 0 spiro atoms. The summed E-state index contributed by atoms with van der Waals surface area (Å²) in [4.78, 5) is 23.9. The van der Waals surface area contributed by atoms with Gasteiger partial charge < -0.3 is 14.8 Å². The molecule has 2 aromatic rings. The summed E-state index contributed by atoms with van der Waals surface area (Å²) in [5.41, 5.74) is 1.59. The van der Waals surface area contributed by atoms with Gasteiger partial charge in [0.2, 0.25) is 0 Å². The second-order valence-corrected chi connectivity index (χ2v) is 7.15. The zero-order valence-corrected chi connectivity index (χ0v) is 17.1. The molecule has 138 valence electrons. The van der Waals surface area contributed by atoms with Crippen LogP contribution in [0.1, 0.15) is 12.5 Å². The Bertz CT molecular complexity index is 829. The summed E-state index contributed by atoms with van der Waals surface area (Å²) in [5.74, 6) is -0.828. The summed E-state index contributed by atoms with van der Waals surface area (Å²) in [6.07, 6.45) is -0.934. The van der Waals surface area contributed by atoms with E-state index in [1.165, 1.54) is 13.0 Å². The van der Waals surface area contributed by atoms with E-state index >= 15 is 0 Å². The summed E-state index contributed by atoms with van der Waals surface area (Å²) in [6.45, 7) is 2.99. The lowest BCUT2D eigenvalue weighted by Gasteiger charge is -2.15. The molecule has 0 unspecified atom stereocenters. The fourth-order valence-corrected chi connectivity index (χ4v) is 2.68. The lowest BCUT2D eigenvalue weighted by Crippen LogP contribution is -2.29. The van der Waals surface area contributed by atoms with E-state index in [4.69, 9.17) is 32.7 Å². The van der Waals surface area contributed by atoms with Gasteiger partial charge in [-0.2, -0.15) is 0 Å². The van der Waals surface area contributed by atoms with Crippen LogP contribution in [0.2, 0.25) is 10.0 Å². The molecule has 0 fully saturated rings. The van der Waals surface area contributed by atoms with Crippen molar-refractivity contribution in [2.75, 3.05) is 11.9 Å². The number of carbonyl (C=O) groups is 2. The van der Waals surface area contributed by atoms with Crippen LogP contribution in [-0.4, -0.2) is 24.6 Å². The molecular weight excluding hydrogens is 445 g/mol. The molecule has 0 aliphatic rings. The monoisotopic (exact) mass is 459 g/mol. The number of ether oxygens (including phenoxy) is 2. The summed E-state index contributed by atoms with van der Waals surface area (Å²) >= 11 is 15.2. The predicted octanol–water partition coefficient (Wildman–Crippen LogP) is 5.01. The van der Waals surface area contributed by atoms with E-state index in [9.17, 15) is 9.59 Å². The van der Waals surface area contributed by atoms with Crippen molar-refractivity contribution in [1.82, 2.24) is 0 Å². The van der Waals surface area contributed by atoms with Crippen LogP contribution in [-0.2, 0) is 14.3 Å². The van der Waals surface area contributed by atoms with Gasteiger partial charge in [-0.15, -0.1) is 0 Å². The quantitative estimate of drug-likeness (QED) is 0.615. The van der Waals surface area contributed by atoms with Crippen LogP contribution >= 0.6 is 39.1 Å². The van der Waals surface area contributed by atoms with E-state index in [0.717, 1.165) is 10.0 Å². The molecule has 0 saturated carbocycles. The fourth-order valence-electron chi connectivity index (χ4n) is 1.98. The largest absolute Gasteiger partial charge is 0.477 e. The van der Waals surface area contributed by atoms with Gasteiger partial charge in [0.15, 0.2) is 12.7 Å². The van der Waals surface area contributed by atoms with Crippen molar-refractivity contribution < 1.29 is 19.1 Å². The molecule has 8 heteroatoms. The Morgan fingerprint density at radius 2 is 1.92 bits per heavy atom. The number of anilines is 1. The molecule has 0 aliphatic carbocycles. The van der Waals surface area contributed by atoms with Crippen molar-refractivity contribution in [3.63, 3.8) is 0 Å². The maximum atomic E-state index is 12.0. The van der Waals surface area contributed by atoms with E-state index < -0.39 is 24.6 Å². The molecule has 2 aromatic carbocycles. The number of benzene rings is 2. The summed E-state index contributed by atoms with van der Waals surface area (Å²) in [7, 11) is 0. The van der Waals surface area contributed by atoms with Crippen LogP contribution in [0.25, 0.3) is 0 Å². The maximum absolute atomic E-state index is 12.0. The van der Waals surface area contributed by atoms with Gasteiger partial charge in [-0.3, -0.25) is 4.79 Å². The highest BCUT2D eigenvalue weighted by Gasteiger charge is 2.19. The number of carbonyl (C=O) groups excluding carboxylic acids is 2. The minimum absolute atomic E-state index is 0.278. The van der Waals surface area contributed by atoms with Crippen molar-refractivity contribution in [2.45, 2.75) is 20.0 Å². The first-order valence-electron chi connectivity index (χ1n) is 7.60. The van der Waals surface area contributed by atoms with Crippen LogP contribution in [0.5, 0.6) is 5.75 Å². The highest BCUT2D eigenvalue weighted by atomic mass is 79.9. The molecule has 1 amide bonds. The van der Waals surface area contributed by atoms with Gasteiger partial charge in [0.05, 0.1) is 5.02 Å². The Labute approximate surface area is 169 Å². The average Bonchev–Trinajstić information content (AvgIpc) is 2.58. The third-order valence-electron chi connectivity index (χ3n) is 3.32. The molecule has 5 nitrogen and oxygen atoms in total. The minimum atomic E-state index is -0.934. The first-order chi connectivity index (χ1) is 12.3. The Hall–Kier alpha value is -1.76. The number of hydrogen-bond donors (Lipinski definition) is 1. The predicted molar refractivity (Wildman–Crippen MR) is 105 cm³/mol. The van der Waals surface area contributed by atoms with Crippen LogP contribution in [0.15, 0.2) is 40.9 Å². The SMILES string of the molecule is Cc1cc(NC(=O)COC(=O)[C@H](C)Oc2ccc(Cl)cc2Cl)ccc1Br. The summed E-state index contributed by atoms with van der Waals surface area (Å²) < 4.78 is 11.4. The number of esters is 1. The highest BCUT2D eigenvalue weighted by Crippen LogP contribution is 2.28. The standard InChI is InChI=1S/C18H16BrCl2NO4/c1-10-7-13(4-5-14(10)19)22-17(23)9-25-18(24)11(2)26-16-6-3-12(20)8-15(16)21/h3-8,11H,9H2,1-2H3,(H,22,23)/t11-/m0/s1. The number of rotatable bonds is 6. The smallest absolute Gasteiger partial charge is 0.347 e. The first-order valence-corrected chi connectivity index (χ1v) is 9.15. The number of aryl methyl sites for hydroxylation is 1. The highest BCUT2D eigenvalue weighted by molar-refractivity contribution is 9.10. The molecule has 2 rings (SSSR count). The zero-order valence-electron chi connectivity index (χ0n) is 14.0. The number of amides is 1. The second kappa shape index (κ2) is 9.26. The fraction of sp³-hybridized carbons (Fsp3) is 0.222. The Morgan fingerprint density at radius 1 is 1.19 bits per heavy atom. The van der Waals surface area contributed by atoms with Gasteiger partial charge in [0.1, 0.15) is 5.75 Å². The van der Waals surface area contributed by atoms with E-state index in [1.54, 1.807) is 24.3 Å². The van der Waals surface area contributed by atoms with Crippen LogP contribution in [0, 0.1) is 6.92 Å². The van der Waals surface area contributed by atoms with Crippen molar-refractivity contribution in [3.05, 3.63) is 56.5 Å². The van der Waals surface area contributed by atoms with E-state index in [0.29, 0.717) is 16.5 Å². The first kappa shape index (κ1) is 20.6. The van der Waals surface area contributed by atoms with Crippen molar-refractivity contribution in [2.24, 2.45) is 0 Å². The molecule has 1 atom stereocenters. The average molecular weight is 461 g/mol. The second-order valence-electron chi connectivity index (χ2n) is 5.45. The lowest BCUT2D eigenvalue weighted by atomic mass is 10.2. The van der Waals surface area contributed by atoms with Crippen LogP contribution < -0.4 is 10.1 Å². The minimum Gasteiger partial charge on any atom is -0.477 e. The zero-order chi connectivity index (χ0) is 19.3. The van der Waals surface area contributed by atoms with E-state index in [1.807, 2.05) is 13.0 Å². The molecule has 0 radical (unpaired) electrons. The lowest BCUT2D eigenvalue weighted by molar-refractivity contribution is -0.153. The molecule has 0 aliphatic heterocycles. The molecule has 0 saturated heterocycles. The molecule has 0 bridgehead atoms. The van der Waals surface area contributed by atoms with Gasteiger partial charge >= 0.3 is 5.97 Å². The molecular formula is C18H16BrCl2NO4. The topological polar surface area (TPSA) is 64.6 Å². The third-order valence-corrected chi connectivity index (χ3v) is 4.74. The molecule has 0 aromatic heterocycles. The Balaban J connectivity index is 1.84. The Kier molecular flexibility index (Phi) is 7.32. The van der Waals surface area contributed by atoms with Crippen molar-refractivity contribution >= 4 is 56.7 Å². The molecule has 26 heavy (non-hydrogen) atoms. The van der Waals surface area contributed by atoms with E-state index in [2.05, 4.69) is 21.2 Å². The molecule has 1 N–H and O–H groups in total. The maximum Gasteiger partial charge on any atom is 0.347 e. The normalized spacial score (nSPS) is 11.6. The van der Waals surface area contributed by atoms with Gasteiger partial charge in [-0.05, 0) is 55.8 Å². The van der Waals surface area contributed by atoms with Gasteiger partial charge in [0, 0.05) is 15.2 Å². The summed E-state index contributed by atoms with van der Waals surface area (Å²) in [5, 5.41) is 3.39. The van der Waals surface area contributed by atoms with Crippen LogP contribution in [0.4, 0.5) is 5.69 Å². The van der Waals surface area contributed by atoms with Gasteiger partial charge in [-0.25, -0.2) is 4.79 Å².